The third-order valence-corrected chi connectivity index (χ3v) is 7.80. The van der Waals surface area contributed by atoms with Gasteiger partial charge in [-0.25, -0.2) is 8.42 Å². The number of sulfonamides is 1. The van der Waals surface area contributed by atoms with E-state index in [1.165, 1.54) is 22.0 Å². The van der Waals surface area contributed by atoms with Crippen LogP contribution in [0, 0.1) is 12.8 Å². The van der Waals surface area contributed by atoms with E-state index < -0.39 is 10.0 Å². The third kappa shape index (κ3) is 5.00. The number of hydrogen-bond donors (Lipinski definition) is 1. The highest BCUT2D eigenvalue weighted by Gasteiger charge is 2.34. The van der Waals surface area contributed by atoms with Crippen LogP contribution in [0.15, 0.2) is 53.4 Å². The number of amides is 1. The molecule has 31 heavy (non-hydrogen) atoms. The number of carbonyl (C=O) groups excluding carboxylic acids is 1. The molecule has 0 radical (unpaired) electrons. The molecule has 2 aromatic rings. The number of morpholine rings is 1. The Kier molecular flexibility index (Phi) is 6.19. The van der Waals surface area contributed by atoms with Crippen LogP contribution in [0.25, 0.3) is 0 Å². The molecule has 3 unspecified atom stereocenters. The van der Waals surface area contributed by atoms with Crippen LogP contribution in [0.5, 0.6) is 0 Å². The van der Waals surface area contributed by atoms with Crippen molar-refractivity contribution in [1.82, 2.24) is 9.62 Å². The third-order valence-electron chi connectivity index (χ3n) is 5.96. The smallest absolute Gasteiger partial charge is 0.251 e. The number of nitrogens with zero attached hydrogens (tertiary/aromatic N) is 1. The largest absolute Gasteiger partial charge is 0.373 e. The van der Waals surface area contributed by atoms with Gasteiger partial charge >= 0.3 is 0 Å². The first-order chi connectivity index (χ1) is 14.7. The van der Waals surface area contributed by atoms with Gasteiger partial charge in [-0.3, -0.25) is 4.79 Å². The molecule has 1 aliphatic heterocycles. The van der Waals surface area contributed by atoms with Gasteiger partial charge in [0, 0.05) is 18.7 Å². The zero-order valence-corrected chi connectivity index (χ0v) is 19.1. The van der Waals surface area contributed by atoms with Crippen molar-refractivity contribution in [1.29, 1.82) is 0 Å². The Morgan fingerprint density at radius 3 is 2.13 bits per heavy atom. The molecule has 2 fully saturated rings. The van der Waals surface area contributed by atoms with Gasteiger partial charge in [-0.2, -0.15) is 4.31 Å². The molecule has 166 valence electrons. The summed E-state index contributed by atoms with van der Waals surface area (Å²) in [6.45, 7) is 6.44. The van der Waals surface area contributed by atoms with Crippen molar-refractivity contribution in [3.05, 3.63) is 65.2 Å². The van der Waals surface area contributed by atoms with Crippen molar-refractivity contribution < 1.29 is 17.9 Å². The summed E-state index contributed by atoms with van der Waals surface area (Å²) in [5, 5.41) is 3.15. The van der Waals surface area contributed by atoms with Gasteiger partial charge in [-0.05, 0) is 69.4 Å². The van der Waals surface area contributed by atoms with Gasteiger partial charge in [-0.15, -0.1) is 0 Å². The maximum absolute atomic E-state index is 13.0. The van der Waals surface area contributed by atoms with E-state index in [4.69, 9.17) is 4.74 Å². The highest BCUT2D eigenvalue weighted by molar-refractivity contribution is 7.89. The summed E-state index contributed by atoms with van der Waals surface area (Å²) in [7, 11) is -3.62. The molecule has 1 aliphatic carbocycles. The highest BCUT2D eigenvalue weighted by Crippen LogP contribution is 2.41. The van der Waals surface area contributed by atoms with Crippen LogP contribution < -0.4 is 5.32 Å². The molecule has 1 saturated heterocycles. The summed E-state index contributed by atoms with van der Waals surface area (Å²) in [6, 6.07) is 14.5. The lowest BCUT2D eigenvalue weighted by Gasteiger charge is -2.34. The molecule has 2 aliphatic rings. The van der Waals surface area contributed by atoms with E-state index in [2.05, 4.69) is 29.6 Å². The SMILES string of the molecule is Cc1ccc(C(NC(=O)c2ccc(S(=O)(=O)N3CC(C)OC(C)C3)cc2)C2CC2)cc1. The van der Waals surface area contributed by atoms with Gasteiger partial charge in [-0.1, -0.05) is 29.8 Å². The number of ether oxygens (including phenoxy) is 1. The van der Waals surface area contributed by atoms with E-state index in [1.54, 1.807) is 12.1 Å². The summed E-state index contributed by atoms with van der Waals surface area (Å²) in [6.07, 6.45) is 1.91. The Hall–Kier alpha value is -2.22. The molecule has 2 aromatic carbocycles. The van der Waals surface area contributed by atoms with Gasteiger partial charge in [0.15, 0.2) is 0 Å². The first-order valence-electron chi connectivity index (χ1n) is 10.9. The van der Waals surface area contributed by atoms with Gasteiger partial charge < -0.3 is 10.1 Å². The molecule has 1 N–H and O–H groups in total. The Morgan fingerprint density at radius 1 is 1.00 bits per heavy atom. The van der Waals surface area contributed by atoms with Crippen LogP contribution in [0.2, 0.25) is 0 Å². The van der Waals surface area contributed by atoms with Crippen LogP contribution >= 0.6 is 0 Å². The molecule has 6 nitrogen and oxygen atoms in total. The standard InChI is InChI=1S/C24H30N2O4S/c1-16-4-6-19(7-5-16)23(20-8-9-20)25-24(27)21-10-12-22(13-11-21)31(28,29)26-14-17(2)30-18(3)15-26/h4-7,10-13,17-18,20,23H,8-9,14-15H2,1-3H3,(H,25,27). The van der Waals surface area contributed by atoms with Crippen molar-refractivity contribution in [2.45, 2.75) is 56.8 Å². The minimum Gasteiger partial charge on any atom is -0.373 e. The molecule has 3 atom stereocenters. The Bertz CT molecular complexity index is 1020. The van der Waals surface area contributed by atoms with Crippen molar-refractivity contribution in [3.63, 3.8) is 0 Å². The molecule has 0 bridgehead atoms. The lowest BCUT2D eigenvalue weighted by Crippen LogP contribution is -2.48. The van der Waals surface area contributed by atoms with E-state index in [0.717, 1.165) is 18.4 Å². The molecular weight excluding hydrogens is 412 g/mol. The van der Waals surface area contributed by atoms with Crippen molar-refractivity contribution in [2.24, 2.45) is 5.92 Å². The fourth-order valence-electron chi connectivity index (χ4n) is 4.16. The quantitative estimate of drug-likeness (QED) is 0.741. The average Bonchev–Trinajstić information content (AvgIpc) is 3.57. The average molecular weight is 443 g/mol. The number of benzene rings is 2. The van der Waals surface area contributed by atoms with Gasteiger partial charge in [0.2, 0.25) is 10.0 Å². The molecule has 4 rings (SSSR count). The van der Waals surface area contributed by atoms with Crippen molar-refractivity contribution in [2.75, 3.05) is 13.1 Å². The number of aryl methyl sites for hydroxylation is 1. The van der Waals surface area contributed by atoms with E-state index in [-0.39, 0.29) is 29.1 Å². The van der Waals surface area contributed by atoms with Crippen LogP contribution in [0.4, 0.5) is 0 Å². The minimum atomic E-state index is -3.62. The normalized spacial score (nSPS) is 23.3. The molecule has 0 aromatic heterocycles. The number of carbonyl (C=O) groups is 1. The second kappa shape index (κ2) is 8.73. The molecule has 0 spiro atoms. The monoisotopic (exact) mass is 442 g/mol. The Morgan fingerprint density at radius 2 is 1.58 bits per heavy atom. The van der Waals surface area contributed by atoms with E-state index in [9.17, 15) is 13.2 Å². The number of nitrogens with one attached hydrogen (secondary N) is 1. The lowest BCUT2D eigenvalue weighted by atomic mass is 10.0. The van der Waals surface area contributed by atoms with Crippen molar-refractivity contribution >= 4 is 15.9 Å². The molecular formula is C24H30N2O4S. The van der Waals surface area contributed by atoms with Gasteiger partial charge in [0.25, 0.3) is 5.91 Å². The fraction of sp³-hybridized carbons (Fsp3) is 0.458. The van der Waals surface area contributed by atoms with Crippen molar-refractivity contribution in [3.8, 4) is 0 Å². The topological polar surface area (TPSA) is 75.7 Å². The summed E-state index contributed by atoms with van der Waals surface area (Å²) in [5.74, 6) is 0.270. The van der Waals surface area contributed by atoms with Crippen LogP contribution in [0.3, 0.4) is 0 Å². The summed E-state index contributed by atoms with van der Waals surface area (Å²) in [4.78, 5) is 13.1. The summed E-state index contributed by atoms with van der Waals surface area (Å²) >= 11 is 0. The minimum absolute atomic E-state index is 0.0205. The van der Waals surface area contributed by atoms with Gasteiger partial charge in [0.05, 0.1) is 23.1 Å². The second-order valence-electron chi connectivity index (χ2n) is 8.80. The zero-order chi connectivity index (χ0) is 22.2. The number of rotatable bonds is 6. The van der Waals surface area contributed by atoms with Crippen LogP contribution in [-0.4, -0.2) is 43.9 Å². The second-order valence-corrected chi connectivity index (χ2v) is 10.7. The molecule has 1 heterocycles. The molecule has 1 amide bonds. The predicted octanol–water partition coefficient (Wildman–Crippen LogP) is 3.67. The number of hydrogen-bond acceptors (Lipinski definition) is 4. The fourth-order valence-corrected chi connectivity index (χ4v) is 5.75. The zero-order valence-electron chi connectivity index (χ0n) is 18.2. The maximum atomic E-state index is 13.0. The Labute approximate surface area is 184 Å². The summed E-state index contributed by atoms with van der Waals surface area (Å²) < 4.78 is 33.1. The molecule has 1 saturated carbocycles. The predicted molar refractivity (Wildman–Crippen MR) is 119 cm³/mol. The Balaban J connectivity index is 1.48. The van der Waals surface area contributed by atoms with Gasteiger partial charge in [0.1, 0.15) is 0 Å². The first-order valence-corrected chi connectivity index (χ1v) is 12.3. The maximum Gasteiger partial charge on any atom is 0.251 e. The van der Waals surface area contributed by atoms with E-state index >= 15 is 0 Å². The van der Waals surface area contributed by atoms with Crippen LogP contribution in [-0.2, 0) is 14.8 Å². The summed E-state index contributed by atoms with van der Waals surface area (Å²) in [5.41, 5.74) is 2.75. The highest BCUT2D eigenvalue weighted by atomic mass is 32.2. The van der Waals surface area contributed by atoms with Crippen LogP contribution in [0.1, 0.15) is 54.2 Å². The molecule has 7 heteroatoms. The van der Waals surface area contributed by atoms with E-state index in [1.807, 2.05) is 20.8 Å². The van der Waals surface area contributed by atoms with E-state index in [0.29, 0.717) is 24.6 Å². The first kappa shape index (κ1) is 22.0. The lowest BCUT2D eigenvalue weighted by molar-refractivity contribution is -0.0440.